The SMILES string of the molecule is Cn1c(N2CCC(C(F)(F)F)CC2)n[nH]c1=S. The first-order valence-corrected chi connectivity index (χ1v) is 5.73. The highest BCUT2D eigenvalue weighted by Gasteiger charge is 2.41. The molecule has 0 saturated carbocycles. The molecule has 0 amide bonds. The molecular formula is C9H13F3N4S. The first-order chi connectivity index (χ1) is 7.89. The van der Waals surface area contributed by atoms with E-state index in [4.69, 9.17) is 12.2 Å². The largest absolute Gasteiger partial charge is 0.391 e. The molecule has 1 aromatic rings. The first-order valence-electron chi connectivity index (χ1n) is 5.32. The van der Waals surface area contributed by atoms with Gasteiger partial charge in [0.25, 0.3) is 0 Å². The Morgan fingerprint density at radius 1 is 1.35 bits per heavy atom. The first kappa shape index (κ1) is 12.4. The zero-order valence-electron chi connectivity index (χ0n) is 9.29. The quantitative estimate of drug-likeness (QED) is 0.792. The molecule has 1 aliphatic heterocycles. The van der Waals surface area contributed by atoms with Gasteiger partial charge in [-0.2, -0.15) is 13.2 Å². The predicted octanol–water partition coefficient (Wildman–Crippen LogP) is 2.26. The smallest absolute Gasteiger partial charge is 0.341 e. The normalized spacial score (nSPS) is 18.7. The summed E-state index contributed by atoms with van der Waals surface area (Å²) in [5, 5.41) is 6.64. The van der Waals surface area contributed by atoms with Gasteiger partial charge in [0.15, 0.2) is 4.77 Å². The summed E-state index contributed by atoms with van der Waals surface area (Å²) in [6.45, 7) is 0.718. The summed E-state index contributed by atoms with van der Waals surface area (Å²) >= 11 is 4.96. The van der Waals surface area contributed by atoms with E-state index in [9.17, 15) is 13.2 Å². The molecule has 2 heterocycles. The third-order valence-electron chi connectivity index (χ3n) is 3.10. The van der Waals surface area contributed by atoms with Crippen molar-refractivity contribution in [3.05, 3.63) is 4.77 Å². The molecule has 4 nitrogen and oxygen atoms in total. The van der Waals surface area contributed by atoms with Gasteiger partial charge in [0, 0.05) is 20.1 Å². The molecule has 0 aromatic carbocycles. The zero-order valence-corrected chi connectivity index (χ0v) is 10.1. The van der Waals surface area contributed by atoms with Gasteiger partial charge in [0.05, 0.1) is 5.92 Å². The fourth-order valence-electron chi connectivity index (χ4n) is 2.03. The number of rotatable bonds is 1. The van der Waals surface area contributed by atoms with Gasteiger partial charge in [-0.15, -0.1) is 5.10 Å². The number of piperidine rings is 1. The second-order valence-electron chi connectivity index (χ2n) is 4.19. The maximum atomic E-state index is 12.5. The maximum Gasteiger partial charge on any atom is 0.391 e. The number of aromatic amines is 1. The summed E-state index contributed by atoms with van der Waals surface area (Å²) in [4.78, 5) is 1.83. The van der Waals surface area contributed by atoms with E-state index in [0.717, 1.165) is 0 Å². The van der Waals surface area contributed by atoms with Crippen molar-refractivity contribution >= 4 is 18.2 Å². The lowest BCUT2D eigenvalue weighted by molar-refractivity contribution is -0.179. The maximum absolute atomic E-state index is 12.5. The van der Waals surface area contributed by atoms with Crippen molar-refractivity contribution in [2.75, 3.05) is 18.0 Å². The summed E-state index contributed by atoms with van der Waals surface area (Å²) < 4.78 is 39.6. The number of hydrogen-bond donors (Lipinski definition) is 1. The van der Waals surface area contributed by atoms with Crippen LogP contribution in [0, 0.1) is 10.7 Å². The van der Waals surface area contributed by atoms with Crippen LogP contribution in [0.5, 0.6) is 0 Å². The van der Waals surface area contributed by atoms with Gasteiger partial charge in [-0.1, -0.05) is 0 Å². The van der Waals surface area contributed by atoms with Crippen LogP contribution in [-0.4, -0.2) is 34.0 Å². The van der Waals surface area contributed by atoms with Crippen LogP contribution in [-0.2, 0) is 7.05 Å². The fourth-order valence-corrected chi connectivity index (χ4v) is 2.16. The van der Waals surface area contributed by atoms with Gasteiger partial charge in [-0.05, 0) is 25.1 Å². The minimum Gasteiger partial charge on any atom is -0.341 e. The van der Waals surface area contributed by atoms with Gasteiger partial charge in [-0.25, -0.2) is 5.10 Å². The molecule has 0 unspecified atom stereocenters. The van der Waals surface area contributed by atoms with Crippen LogP contribution in [0.15, 0.2) is 0 Å². The molecule has 1 N–H and O–H groups in total. The average molecular weight is 266 g/mol. The molecule has 1 aromatic heterocycles. The molecule has 2 rings (SSSR count). The number of halogens is 3. The standard InChI is InChI=1S/C9H13F3N4S/c1-15-7(13-14-8(15)17)16-4-2-6(3-5-16)9(10,11)12/h6H,2-5H2,1H3,(H,14,17). The van der Waals surface area contributed by atoms with Crippen LogP contribution in [0.1, 0.15) is 12.8 Å². The van der Waals surface area contributed by atoms with Crippen LogP contribution < -0.4 is 4.90 Å². The molecule has 1 saturated heterocycles. The lowest BCUT2D eigenvalue weighted by Gasteiger charge is -2.33. The summed E-state index contributed by atoms with van der Waals surface area (Å²) in [6, 6.07) is 0. The van der Waals surface area contributed by atoms with E-state index in [1.807, 2.05) is 4.90 Å². The number of hydrogen-bond acceptors (Lipinski definition) is 3. The lowest BCUT2D eigenvalue weighted by atomic mass is 9.96. The minimum atomic E-state index is -4.08. The molecule has 1 fully saturated rings. The highest BCUT2D eigenvalue weighted by Crippen LogP contribution is 2.34. The lowest BCUT2D eigenvalue weighted by Crippen LogP contribution is -2.40. The summed E-state index contributed by atoms with van der Waals surface area (Å²) in [6.07, 6.45) is -3.85. The van der Waals surface area contributed by atoms with E-state index in [2.05, 4.69) is 10.2 Å². The van der Waals surface area contributed by atoms with Crippen LogP contribution in [0.25, 0.3) is 0 Å². The van der Waals surface area contributed by atoms with Crippen LogP contribution in [0.2, 0.25) is 0 Å². The number of alkyl halides is 3. The van der Waals surface area contributed by atoms with Gasteiger partial charge >= 0.3 is 6.18 Å². The molecule has 17 heavy (non-hydrogen) atoms. The molecule has 96 valence electrons. The Balaban J connectivity index is 2.05. The van der Waals surface area contributed by atoms with E-state index >= 15 is 0 Å². The number of H-pyrrole nitrogens is 1. The average Bonchev–Trinajstić information content (AvgIpc) is 2.59. The third-order valence-corrected chi connectivity index (χ3v) is 3.46. The van der Waals surface area contributed by atoms with Crippen molar-refractivity contribution < 1.29 is 13.2 Å². The van der Waals surface area contributed by atoms with Crippen molar-refractivity contribution in [3.8, 4) is 0 Å². The highest BCUT2D eigenvalue weighted by molar-refractivity contribution is 7.71. The topological polar surface area (TPSA) is 36.9 Å². The van der Waals surface area contributed by atoms with Gasteiger partial charge in [-0.3, -0.25) is 4.57 Å². The van der Waals surface area contributed by atoms with Crippen molar-refractivity contribution in [3.63, 3.8) is 0 Å². The number of aromatic nitrogens is 3. The van der Waals surface area contributed by atoms with Crippen molar-refractivity contribution in [1.82, 2.24) is 14.8 Å². The minimum absolute atomic E-state index is 0.114. The Bertz CT molecular complexity index is 442. The Labute approximate surface area is 101 Å². The Morgan fingerprint density at radius 2 is 1.94 bits per heavy atom. The van der Waals surface area contributed by atoms with Crippen LogP contribution in [0.3, 0.4) is 0 Å². The fraction of sp³-hybridized carbons (Fsp3) is 0.778. The molecule has 0 radical (unpaired) electrons. The van der Waals surface area contributed by atoms with E-state index in [-0.39, 0.29) is 12.8 Å². The van der Waals surface area contributed by atoms with E-state index < -0.39 is 12.1 Å². The monoisotopic (exact) mass is 266 g/mol. The third kappa shape index (κ3) is 2.46. The van der Waals surface area contributed by atoms with Crippen LogP contribution in [0.4, 0.5) is 19.1 Å². The summed E-state index contributed by atoms with van der Waals surface area (Å²) in [7, 11) is 1.75. The Kier molecular flexibility index (Phi) is 3.15. The summed E-state index contributed by atoms with van der Waals surface area (Å²) in [5.41, 5.74) is 0. The zero-order chi connectivity index (χ0) is 12.6. The number of nitrogens with one attached hydrogen (secondary N) is 1. The summed E-state index contributed by atoms with van der Waals surface area (Å²) in [5.74, 6) is -0.582. The van der Waals surface area contributed by atoms with Crippen molar-refractivity contribution in [1.29, 1.82) is 0 Å². The van der Waals surface area contributed by atoms with E-state index in [1.54, 1.807) is 11.6 Å². The number of nitrogens with zero attached hydrogens (tertiary/aromatic N) is 3. The van der Waals surface area contributed by atoms with Gasteiger partial charge in [0.1, 0.15) is 0 Å². The van der Waals surface area contributed by atoms with Crippen LogP contribution >= 0.6 is 12.2 Å². The highest BCUT2D eigenvalue weighted by atomic mass is 32.1. The second-order valence-corrected chi connectivity index (χ2v) is 4.58. The molecule has 0 atom stereocenters. The van der Waals surface area contributed by atoms with Gasteiger partial charge in [0.2, 0.25) is 5.95 Å². The molecule has 8 heteroatoms. The molecule has 0 aliphatic carbocycles. The van der Waals surface area contributed by atoms with Crippen molar-refractivity contribution in [2.24, 2.45) is 13.0 Å². The Morgan fingerprint density at radius 3 is 2.35 bits per heavy atom. The van der Waals surface area contributed by atoms with E-state index in [0.29, 0.717) is 23.8 Å². The molecular weight excluding hydrogens is 253 g/mol. The molecule has 0 bridgehead atoms. The second kappa shape index (κ2) is 4.32. The predicted molar refractivity (Wildman–Crippen MR) is 59.4 cm³/mol. The van der Waals surface area contributed by atoms with Gasteiger partial charge < -0.3 is 4.90 Å². The number of anilines is 1. The molecule has 1 aliphatic rings. The molecule has 0 spiro atoms. The van der Waals surface area contributed by atoms with E-state index in [1.165, 1.54) is 0 Å². The Hall–Kier alpha value is -1.05. The van der Waals surface area contributed by atoms with Crippen molar-refractivity contribution in [2.45, 2.75) is 19.0 Å².